The van der Waals surface area contributed by atoms with Crippen LogP contribution >= 0.6 is 22.9 Å². The first-order chi connectivity index (χ1) is 14.1. The maximum atomic E-state index is 13.1. The van der Waals surface area contributed by atoms with Crippen LogP contribution in [-0.4, -0.2) is 51.9 Å². The first-order valence-corrected chi connectivity index (χ1v) is 10.6. The van der Waals surface area contributed by atoms with Gasteiger partial charge in [0.2, 0.25) is 5.95 Å². The summed E-state index contributed by atoms with van der Waals surface area (Å²) in [5.41, 5.74) is 2.01. The van der Waals surface area contributed by atoms with Gasteiger partial charge in [0, 0.05) is 54.0 Å². The van der Waals surface area contributed by atoms with Gasteiger partial charge in [0.25, 0.3) is 5.91 Å². The smallest absolute Gasteiger partial charge is 0.264 e. The molecule has 0 radical (unpaired) electrons. The van der Waals surface area contributed by atoms with Crippen molar-refractivity contribution in [2.45, 2.75) is 6.92 Å². The summed E-state index contributed by atoms with van der Waals surface area (Å²) >= 11 is 7.91. The van der Waals surface area contributed by atoms with Crippen LogP contribution in [0.25, 0.3) is 21.0 Å². The third-order valence-electron chi connectivity index (χ3n) is 5.18. The Labute approximate surface area is 176 Å². The molecule has 0 spiro atoms. The minimum absolute atomic E-state index is 0.0386. The van der Waals surface area contributed by atoms with Crippen LogP contribution < -0.4 is 4.90 Å². The average Bonchev–Trinajstić information content (AvgIpc) is 3.21. The molecule has 8 heteroatoms. The van der Waals surface area contributed by atoms with Gasteiger partial charge in [0.15, 0.2) is 0 Å². The zero-order valence-electron chi connectivity index (χ0n) is 15.8. The maximum absolute atomic E-state index is 13.1. The molecule has 29 heavy (non-hydrogen) atoms. The summed E-state index contributed by atoms with van der Waals surface area (Å²) in [7, 11) is 0. The number of hydrogen-bond donors (Lipinski definition) is 0. The molecule has 0 atom stereocenters. The fourth-order valence-corrected chi connectivity index (χ4v) is 5.11. The molecule has 4 aromatic rings. The van der Waals surface area contributed by atoms with Crippen LogP contribution in [0.5, 0.6) is 0 Å². The zero-order chi connectivity index (χ0) is 20.0. The minimum Gasteiger partial charge on any atom is -0.337 e. The molecular weight excluding hydrogens is 406 g/mol. The van der Waals surface area contributed by atoms with Crippen molar-refractivity contribution in [1.82, 2.24) is 19.9 Å². The predicted molar refractivity (Wildman–Crippen MR) is 117 cm³/mol. The van der Waals surface area contributed by atoms with Crippen molar-refractivity contribution >= 4 is 55.8 Å². The lowest BCUT2D eigenvalue weighted by Crippen LogP contribution is -2.49. The van der Waals surface area contributed by atoms with Crippen molar-refractivity contribution in [3.05, 3.63) is 58.3 Å². The summed E-state index contributed by atoms with van der Waals surface area (Å²) in [5, 5.41) is 2.33. The van der Waals surface area contributed by atoms with E-state index in [4.69, 9.17) is 11.6 Å². The molecule has 3 aromatic heterocycles. The summed E-state index contributed by atoms with van der Waals surface area (Å²) < 4.78 is 1.02. The van der Waals surface area contributed by atoms with E-state index >= 15 is 0 Å². The predicted octanol–water partition coefficient (Wildman–Crippen LogP) is 4.16. The lowest BCUT2D eigenvalue weighted by atomic mass is 10.1. The van der Waals surface area contributed by atoms with Crippen molar-refractivity contribution < 1.29 is 4.79 Å². The van der Waals surface area contributed by atoms with E-state index in [1.54, 1.807) is 18.5 Å². The topological polar surface area (TPSA) is 62.2 Å². The van der Waals surface area contributed by atoms with Gasteiger partial charge in [-0.1, -0.05) is 23.2 Å². The standard InChI is InChI=1S/C21H18ClN5OS/c1-13-3-4-16-14(11-13)18-15(19(22)25-16)12-17(29-18)20(28)26-7-9-27(10-8-26)21-23-5-2-6-24-21/h2-6,11-12H,7-10H2,1H3. The second kappa shape index (κ2) is 7.24. The SMILES string of the molecule is Cc1ccc2nc(Cl)c3cc(C(=O)N4CCN(c5ncccn5)CC4)sc3c2c1. The fourth-order valence-electron chi connectivity index (χ4n) is 3.66. The minimum atomic E-state index is 0.0386. The number of thiophene rings is 1. The Morgan fingerprint density at radius 3 is 2.59 bits per heavy atom. The third kappa shape index (κ3) is 3.30. The van der Waals surface area contributed by atoms with Gasteiger partial charge in [-0.05, 0) is 31.2 Å². The monoisotopic (exact) mass is 423 g/mol. The lowest BCUT2D eigenvalue weighted by molar-refractivity contribution is 0.0751. The van der Waals surface area contributed by atoms with Crippen LogP contribution in [0.2, 0.25) is 5.15 Å². The molecule has 1 amide bonds. The number of rotatable bonds is 2. The number of aromatic nitrogens is 3. The van der Waals surface area contributed by atoms with E-state index in [2.05, 4.69) is 32.8 Å². The molecule has 0 bridgehead atoms. The van der Waals surface area contributed by atoms with Gasteiger partial charge in [-0.3, -0.25) is 4.79 Å². The van der Waals surface area contributed by atoms with Crippen molar-refractivity contribution in [2.75, 3.05) is 31.1 Å². The van der Waals surface area contributed by atoms with E-state index in [9.17, 15) is 4.79 Å². The molecule has 1 fully saturated rings. The number of halogens is 1. The van der Waals surface area contributed by atoms with Gasteiger partial charge >= 0.3 is 0 Å². The maximum Gasteiger partial charge on any atom is 0.264 e. The summed E-state index contributed by atoms with van der Waals surface area (Å²) in [6.07, 6.45) is 3.47. The molecule has 6 nitrogen and oxygen atoms in total. The number of carbonyl (C=O) groups is 1. The first kappa shape index (κ1) is 18.3. The molecule has 1 saturated heterocycles. The van der Waals surface area contributed by atoms with E-state index in [1.165, 1.54) is 11.3 Å². The number of benzene rings is 1. The highest BCUT2D eigenvalue weighted by Gasteiger charge is 2.25. The summed E-state index contributed by atoms with van der Waals surface area (Å²) in [5.74, 6) is 0.748. The van der Waals surface area contributed by atoms with Crippen LogP contribution in [0.4, 0.5) is 5.95 Å². The average molecular weight is 424 g/mol. The molecule has 1 aliphatic rings. The molecular formula is C21H18ClN5OS. The number of anilines is 1. The van der Waals surface area contributed by atoms with E-state index in [0.717, 1.165) is 26.6 Å². The van der Waals surface area contributed by atoms with Gasteiger partial charge in [-0.15, -0.1) is 11.3 Å². The molecule has 1 aliphatic heterocycles. The van der Waals surface area contributed by atoms with Crippen molar-refractivity contribution in [3.63, 3.8) is 0 Å². The zero-order valence-corrected chi connectivity index (χ0v) is 17.4. The Kier molecular flexibility index (Phi) is 4.56. The van der Waals surface area contributed by atoms with Crippen molar-refractivity contribution in [2.24, 2.45) is 0 Å². The van der Waals surface area contributed by atoms with Crippen molar-refractivity contribution in [3.8, 4) is 0 Å². The van der Waals surface area contributed by atoms with Gasteiger partial charge in [-0.2, -0.15) is 0 Å². The van der Waals surface area contributed by atoms with E-state index < -0.39 is 0 Å². The van der Waals surface area contributed by atoms with Crippen LogP contribution in [0, 0.1) is 6.92 Å². The molecule has 0 N–H and O–H groups in total. The van der Waals surface area contributed by atoms with Gasteiger partial charge < -0.3 is 9.80 Å². The molecule has 4 heterocycles. The third-order valence-corrected chi connectivity index (χ3v) is 6.63. The van der Waals surface area contributed by atoms with E-state index in [1.807, 2.05) is 23.1 Å². The Morgan fingerprint density at radius 1 is 1.07 bits per heavy atom. The largest absolute Gasteiger partial charge is 0.337 e. The number of aryl methyl sites for hydroxylation is 1. The number of carbonyl (C=O) groups excluding carboxylic acids is 1. The van der Waals surface area contributed by atoms with Crippen LogP contribution in [-0.2, 0) is 0 Å². The first-order valence-electron chi connectivity index (χ1n) is 9.41. The van der Waals surface area contributed by atoms with Gasteiger partial charge in [0.05, 0.1) is 10.4 Å². The Bertz CT molecular complexity index is 1220. The molecule has 0 unspecified atom stereocenters. The highest BCUT2D eigenvalue weighted by atomic mass is 35.5. The number of amides is 1. The highest BCUT2D eigenvalue weighted by Crippen LogP contribution is 2.36. The Morgan fingerprint density at radius 2 is 1.83 bits per heavy atom. The number of pyridine rings is 1. The van der Waals surface area contributed by atoms with Crippen LogP contribution in [0.15, 0.2) is 42.7 Å². The van der Waals surface area contributed by atoms with Crippen molar-refractivity contribution in [1.29, 1.82) is 0 Å². The second-order valence-electron chi connectivity index (χ2n) is 7.10. The second-order valence-corrected chi connectivity index (χ2v) is 8.51. The lowest BCUT2D eigenvalue weighted by Gasteiger charge is -2.34. The fraction of sp³-hybridized carbons (Fsp3) is 0.238. The molecule has 5 rings (SSSR count). The quantitative estimate of drug-likeness (QED) is 0.453. The molecule has 0 saturated carbocycles. The molecule has 1 aromatic carbocycles. The van der Waals surface area contributed by atoms with Crippen LogP contribution in [0.1, 0.15) is 15.2 Å². The summed E-state index contributed by atoms with van der Waals surface area (Å²) in [6.45, 7) is 4.75. The summed E-state index contributed by atoms with van der Waals surface area (Å²) in [6, 6.07) is 9.78. The normalized spacial score (nSPS) is 14.7. The Hall–Kier alpha value is -2.77. The summed E-state index contributed by atoms with van der Waals surface area (Å²) in [4.78, 5) is 30.9. The van der Waals surface area contributed by atoms with Gasteiger partial charge in [0.1, 0.15) is 5.15 Å². The number of nitrogens with zero attached hydrogens (tertiary/aromatic N) is 5. The van der Waals surface area contributed by atoms with E-state index in [0.29, 0.717) is 42.2 Å². The Balaban J connectivity index is 1.42. The highest BCUT2D eigenvalue weighted by molar-refractivity contribution is 7.21. The number of hydrogen-bond acceptors (Lipinski definition) is 6. The molecule has 146 valence electrons. The number of fused-ring (bicyclic) bond motifs is 3. The van der Waals surface area contributed by atoms with E-state index in [-0.39, 0.29) is 5.91 Å². The van der Waals surface area contributed by atoms with Crippen LogP contribution in [0.3, 0.4) is 0 Å². The van der Waals surface area contributed by atoms with Gasteiger partial charge in [-0.25, -0.2) is 15.0 Å². The number of piperazine rings is 1. The molecule has 0 aliphatic carbocycles.